The van der Waals surface area contributed by atoms with Gasteiger partial charge in [0.1, 0.15) is 18.1 Å². The van der Waals surface area contributed by atoms with Crippen LogP contribution in [0.3, 0.4) is 0 Å². The fourth-order valence-electron chi connectivity index (χ4n) is 3.33. The summed E-state index contributed by atoms with van der Waals surface area (Å²) in [6.07, 6.45) is 1.77. The Morgan fingerprint density at radius 2 is 1.83 bits per heavy atom. The number of carbonyl (C=O) groups is 1. The summed E-state index contributed by atoms with van der Waals surface area (Å²) in [5, 5.41) is 0.670. The smallest absolute Gasteiger partial charge is 0.231 e. The van der Waals surface area contributed by atoms with Crippen molar-refractivity contribution in [2.75, 3.05) is 19.0 Å². The zero-order valence-corrected chi connectivity index (χ0v) is 17.9. The van der Waals surface area contributed by atoms with Crippen molar-refractivity contribution in [2.24, 2.45) is 0 Å². The van der Waals surface area contributed by atoms with E-state index in [4.69, 9.17) is 21.1 Å². The first-order valence-electron chi connectivity index (χ1n) is 9.65. The number of hydrogen-bond donors (Lipinski definition) is 0. The van der Waals surface area contributed by atoms with E-state index in [0.29, 0.717) is 34.5 Å². The molecule has 0 aliphatic carbocycles. The average Bonchev–Trinajstić information content (AvgIpc) is 3.04. The average molecular weight is 420 g/mol. The highest BCUT2D eigenvalue weighted by Gasteiger charge is 2.30. The van der Waals surface area contributed by atoms with E-state index < -0.39 is 0 Å². The van der Waals surface area contributed by atoms with Gasteiger partial charge in [0.25, 0.3) is 0 Å². The lowest BCUT2D eigenvalue weighted by Gasteiger charge is -2.12. The summed E-state index contributed by atoms with van der Waals surface area (Å²) in [5.41, 5.74) is 4.33. The van der Waals surface area contributed by atoms with Gasteiger partial charge in [0, 0.05) is 30.4 Å². The quantitative estimate of drug-likeness (QED) is 0.482. The van der Waals surface area contributed by atoms with Crippen LogP contribution < -0.4 is 14.4 Å². The van der Waals surface area contributed by atoms with Gasteiger partial charge in [0.05, 0.1) is 5.56 Å². The van der Waals surface area contributed by atoms with E-state index in [1.54, 1.807) is 12.1 Å². The Bertz CT molecular complexity index is 1130. The number of anilines is 1. The highest BCUT2D eigenvalue weighted by molar-refractivity contribution is 6.30. The summed E-state index contributed by atoms with van der Waals surface area (Å²) >= 11 is 6.04. The lowest BCUT2D eigenvalue weighted by molar-refractivity contribution is 0.101. The van der Waals surface area contributed by atoms with Crippen LogP contribution in [0.5, 0.6) is 11.5 Å². The molecule has 0 saturated carbocycles. The van der Waals surface area contributed by atoms with Gasteiger partial charge in [-0.2, -0.15) is 0 Å². The van der Waals surface area contributed by atoms with E-state index in [2.05, 4.69) is 0 Å². The molecule has 0 aromatic heterocycles. The van der Waals surface area contributed by atoms with Crippen LogP contribution in [0.4, 0.5) is 5.69 Å². The number of ketones is 1. The summed E-state index contributed by atoms with van der Waals surface area (Å²) in [6, 6.07) is 19.1. The largest absolute Gasteiger partial charge is 0.488 e. The molecule has 0 fully saturated rings. The van der Waals surface area contributed by atoms with Gasteiger partial charge in [-0.25, -0.2) is 0 Å². The molecule has 0 atom stereocenters. The first-order valence-corrected chi connectivity index (χ1v) is 10.0. The summed E-state index contributed by atoms with van der Waals surface area (Å²) < 4.78 is 11.9. The normalized spacial score (nSPS) is 13.9. The molecule has 30 heavy (non-hydrogen) atoms. The van der Waals surface area contributed by atoms with E-state index in [9.17, 15) is 4.79 Å². The van der Waals surface area contributed by atoms with E-state index in [0.717, 1.165) is 22.4 Å². The Morgan fingerprint density at radius 1 is 1.07 bits per heavy atom. The number of fused-ring (bicyclic) bond motifs is 1. The van der Waals surface area contributed by atoms with Gasteiger partial charge < -0.3 is 14.4 Å². The molecule has 152 valence electrons. The molecule has 1 aliphatic heterocycles. The van der Waals surface area contributed by atoms with Gasteiger partial charge in [-0.3, -0.25) is 4.79 Å². The molecule has 4 rings (SSSR count). The van der Waals surface area contributed by atoms with Crippen molar-refractivity contribution in [3.05, 3.63) is 93.7 Å². The fraction of sp³-hybridized carbons (Fsp3) is 0.160. The predicted molar refractivity (Wildman–Crippen MR) is 121 cm³/mol. The van der Waals surface area contributed by atoms with Gasteiger partial charge in [0.2, 0.25) is 5.78 Å². The van der Waals surface area contributed by atoms with Gasteiger partial charge >= 0.3 is 0 Å². The Hall–Kier alpha value is -3.24. The van der Waals surface area contributed by atoms with E-state index >= 15 is 0 Å². The number of Topliss-reactive ketones (excluding diaryl/α,β-unsaturated/α-hetero) is 1. The van der Waals surface area contributed by atoms with E-state index in [1.807, 2.05) is 80.5 Å². The van der Waals surface area contributed by atoms with Gasteiger partial charge in [-0.1, -0.05) is 35.9 Å². The number of allylic oxidation sites excluding steroid dienone is 1. The monoisotopic (exact) mass is 419 g/mol. The number of hydrogen-bond acceptors (Lipinski definition) is 4. The van der Waals surface area contributed by atoms with Crippen molar-refractivity contribution in [1.29, 1.82) is 0 Å². The Kier molecular flexibility index (Phi) is 5.51. The third-order valence-corrected chi connectivity index (χ3v) is 5.26. The highest BCUT2D eigenvalue weighted by Crippen LogP contribution is 2.39. The number of halogens is 1. The maximum Gasteiger partial charge on any atom is 0.231 e. The van der Waals surface area contributed by atoms with E-state index in [1.165, 1.54) is 0 Å². The zero-order chi connectivity index (χ0) is 21.3. The third-order valence-electron chi connectivity index (χ3n) is 5.03. The molecule has 0 saturated heterocycles. The van der Waals surface area contributed by atoms with Crippen molar-refractivity contribution >= 4 is 29.1 Å². The van der Waals surface area contributed by atoms with Crippen molar-refractivity contribution in [2.45, 2.75) is 13.5 Å². The maximum absolute atomic E-state index is 12.8. The van der Waals surface area contributed by atoms with Crippen molar-refractivity contribution in [3.63, 3.8) is 0 Å². The second kappa shape index (κ2) is 8.25. The minimum atomic E-state index is -0.119. The molecule has 0 unspecified atom stereocenters. The van der Waals surface area contributed by atoms with Crippen LogP contribution >= 0.6 is 11.6 Å². The lowest BCUT2D eigenvalue weighted by atomic mass is 10.1. The zero-order valence-electron chi connectivity index (χ0n) is 17.1. The molecule has 1 aliphatic rings. The number of ether oxygens (including phenoxy) is 2. The van der Waals surface area contributed by atoms with Gasteiger partial charge in [-0.15, -0.1) is 0 Å². The molecular weight excluding hydrogens is 398 g/mol. The first-order chi connectivity index (χ1) is 14.4. The first kappa shape index (κ1) is 20.0. The maximum atomic E-state index is 12.8. The Morgan fingerprint density at radius 3 is 2.53 bits per heavy atom. The summed E-state index contributed by atoms with van der Waals surface area (Å²) in [7, 11) is 3.98. The number of nitrogens with zero attached hydrogens (tertiary/aromatic N) is 1. The Balaban J connectivity index is 1.54. The molecule has 3 aromatic rings. The molecule has 4 nitrogen and oxygen atoms in total. The van der Waals surface area contributed by atoms with Gasteiger partial charge in [-0.05, 0) is 60.5 Å². The summed E-state index contributed by atoms with van der Waals surface area (Å²) in [6.45, 7) is 2.28. The minimum absolute atomic E-state index is 0.119. The number of rotatable bonds is 5. The standard InChI is InChI=1S/C25H22ClNO3/c1-16-22(29-15-18-5-4-6-19(26)13-18)12-11-21-24(28)23(30-25(16)21)14-17-7-9-20(10-8-17)27(2)3/h4-14H,15H2,1-3H3/b23-14-. The Labute approximate surface area is 181 Å². The number of carbonyl (C=O) groups excluding carboxylic acids is 1. The van der Waals surface area contributed by atoms with Crippen LogP contribution in [0.15, 0.2) is 66.4 Å². The molecular formula is C25H22ClNO3. The third kappa shape index (κ3) is 4.05. The summed E-state index contributed by atoms with van der Waals surface area (Å²) in [4.78, 5) is 14.8. The SMILES string of the molecule is Cc1c(OCc2cccc(Cl)c2)ccc2c1O/C(=C\c1ccc(N(C)C)cc1)C2=O. The topological polar surface area (TPSA) is 38.8 Å². The van der Waals surface area contributed by atoms with Gasteiger partial charge in [0.15, 0.2) is 5.76 Å². The fourth-order valence-corrected chi connectivity index (χ4v) is 3.55. The molecule has 0 amide bonds. The predicted octanol–water partition coefficient (Wildman–Crippen LogP) is 5.91. The number of benzene rings is 3. The molecule has 0 spiro atoms. The molecule has 0 bridgehead atoms. The van der Waals surface area contributed by atoms with Crippen molar-refractivity contribution in [1.82, 2.24) is 0 Å². The molecule has 0 N–H and O–H groups in total. The van der Waals surface area contributed by atoms with Crippen molar-refractivity contribution in [3.8, 4) is 11.5 Å². The van der Waals surface area contributed by atoms with Crippen LogP contribution in [-0.4, -0.2) is 19.9 Å². The molecule has 0 radical (unpaired) electrons. The molecule has 3 aromatic carbocycles. The minimum Gasteiger partial charge on any atom is -0.488 e. The van der Waals surface area contributed by atoms with E-state index in [-0.39, 0.29) is 5.78 Å². The van der Waals surface area contributed by atoms with Crippen LogP contribution in [0.1, 0.15) is 27.0 Å². The summed E-state index contributed by atoms with van der Waals surface area (Å²) in [5.74, 6) is 1.43. The second-order valence-electron chi connectivity index (χ2n) is 7.41. The van der Waals surface area contributed by atoms with Crippen LogP contribution in [0, 0.1) is 6.92 Å². The highest BCUT2D eigenvalue weighted by atomic mass is 35.5. The molecule has 5 heteroatoms. The molecule has 1 heterocycles. The van der Waals surface area contributed by atoms with Crippen LogP contribution in [0.25, 0.3) is 6.08 Å². The van der Waals surface area contributed by atoms with Crippen LogP contribution in [0.2, 0.25) is 5.02 Å². The van der Waals surface area contributed by atoms with Crippen LogP contribution in [-0.2, 0) is 6.61 Å². The second-order valence-corrected chi connectivity index (χ2v) is 7.85. The lowest BCUT2D eigenvalue weighted by Crippen LogP contribution is -2.08. The van der Waals surface area contributed by atoms with Crippen molar-refractivity contribution < 1.29 is 14.3 Å².